The summed E-state index contributed by atoms with van der Waals surface area (Å²) in [4.78, 5) is 0. The molecule has 4 heteroatoms. The Labute approximate surface area is 77.4 Å². The Morgan fingerprint density at radius 3 is 2.75 bits per heavy atom. The summed E-state index contributed by atoms with van der Waals surface area (Å²) in [6, 6.07) is 4.55. The van der Waals surface area contributed by atoms with E-state index in [9.17, 15) is 4.39 Å². The van der Waals surface area contributed by atoms with Gasteiger partial charge in [-0.15, -0.1) is 0 Å². The third kappa shape index (κ3) is 1.74. The van der Waals surface area contributed by atoms with Crippen LogP contribution in [0, 0.1) is 17.1 Å². The van der Waals surface area contributed by atoms with Crippen LogP contribution in [-0.4, -0.2) is 5.11 Å². The van der Waals surface area contributed by atoms with Gasteiger partial charge in [-0.3, -0.25) is 0 Å². The van der Waals surface area contributed by atoms with Crippen LogP contribution in [0.15, 0.2) is 16.6 Å². The number of rotatable bonds is 1. The summed E-state index contributed by atoms with van der Waals surface area (Å²) >= 11 is 2.97. The molecule has 0 heterocycles. The van der Waals surface area contributed by atoms with Gasteiger partial charge in [-0.2, -0.15) is 5.26 Å². The van der Waals surface area contributed by atoms with E-state index in [-0.39, 0.29) is 10.9 Å². The highest BCUT2D eigenvalue weighted by Crippen LogP contribution is 2.28. The normalized spacial score (nSPS) is 9.42. The Morgan fingerprint density at radius 1 is 1.58 bits per heavy atom. The van der Waals surface area contributed by atoms with Gasteiger partial charge in [0, 0.05) is 0 Å². The van der Waals surface area contributed by atoms with Gasteiger partial charge in [0.1, 0.15) is 0 Å². The lowest BCUT2D eigenvalue weighted by Gasteiger charge is -2.00. The molecular formula is C8H5BrFNO. The van der Waals surface area contributed by atoms with Crippen LogP contribution in [-0.2, 0) is 6.42 Å². The topological polar surface area (TPSA) is 44.0 Å². The summed E-state index contributed by atoms with van der Waals surface area (Å²) in [7, 11) is 0. The molecular weight excluding hydrogens is 225 g/mol. The summed E-state index contributed by atoms with van der Waals surface area (Å²) < 4.78 is 13.0. The van der Waals surface area contributed by atoms with Gasteiger partial charge in [0.15, 0.2) is 11.6 Å². The molecule has 0 saturated carbocycles. The molecule has 0 fully saturated rings. The minimum atomic E-state index is -0.713. The fourth-order valence-electron chi connectivity index (χ4n) is 0.811. The second-order valence-electron chi connectivity index (χ2n) is 2.24. The molecule has 1 rings (SSSR count). The van der Waals surface area contributed by atoms with E-state index in [0.717, 1.165) is 6.07 Å². The van der Waals surface area contributed by atoms with Gasteiger partial charge in [-0.1, -0.05) is 0 Å². The summed E-state index contributed by atoms with van der Waals surface area (Å²) in [5, 5.41) is 17.3. The van der Waals surface area contributed by atoms with Crippen molar-refractivity contribution in [1.82, 2.24) is 0 Å². The van der Waals surface area contributed by atoms with Crippen LogP contribution in [0.5, 0.6) is 5.75 Å². The van der Waals surface area contributed by atoms with Gasteiger partial charge in [0.25, 0.3) is 0 Å². The standard InChI is InChI=1S/C8H5BrFNO/c9-6-3-5(1-2-11)4-7(10)8(6)12/h3-4,12H,1H2. The third-order valence-electron chi connectivity index (χ3n) is 1.36. The van der Waals surface area contributed by atoms with E-state index in [2.05, 4.69) is 15.9 Å². The van der Waals surface area contributed by atoms with Crippen molar-refractivity contribution in [3.63, 3.8) is 0 Å². The van der Waals surface area contributed by atoms with Crippen LogP contribution >= 0.6 is 15.9 Å². The first-order chi connectivity index (χ1) is 5.65. The molecule has 0 aromatic heterocycles. The first-order valence-corrected chi connectivity index (χ1v) is 3.98. The highest BCUT2D eigenvalue weighted by Gasteiger charge is 2.06. The summed E-state index contributed by atoms with van der Waals surface area (Å²) in [6.45, 7) is 0. The highest BCUT2D eigenvalue weighted by atomic mass is 79.9. The van der Waals surface area contributed by atoms with E-state index < -0.39 is 11.6 Å². The van der Waals surface area contributed by atoms with Crippen LogP contribution in [0.25, 0.3) is 0 Å². The highest BCUT2D eigenvalue weighted by molar-refractivity contribution is 9.10. The Kier molecular flexibility index (Phi) is 2.66. The van der Waals surface area contributed by atoms with Crippen molar-refractivity contribution >= 4 is 15.9 Å². The SMILES string of the molecule is N#CCc1cc(F)c(O)c(Br)c1. The maximum absolute atomic E-state index is 12.8. The summed E-state index contributed by atoms with van der Waals surface area (Å²) in [5.41, 5.74) is 0.541. The number of aromatic hydroxyl groups is 1. The van der Waals surface area contributed by atoms with Crippen LogP contribution in [0.3, 0.4) is 0 Å². The molecule has 0 aliphatic rings. The number of phenols is 1. The van der Waals surface area contributed by atoms with E-state index in [1.54, 1.807) is 0 Å². The third-order valence-corrected chi connectivity index (χ3v) is 1.96. The van der Waals surface area contributed by atoms with Crippen molar-refractivity contribution in [2.24, 2.45) is 0 Å². The van der Waals surface area contributed by atoms with Gasteiger partial charge >= 0.3 is 0 Å². The van der Waals surface area contributed by atoms with E-state index in [1.165, 1.54) is 6.07 Å². The minimum Gasteiger partial charge on any atom is -0.504 e. The van der Waals surface area contributed by atoms with E-state index in [0.29, 0.717) is 5.56 Å². The zero-order valence-corrected chi connectivity index (χ0v) is 7.60. The van der Waals surface area contributed by atoms with Crippen molar-refractivity contribution in [2.45, 2.75) is 6.42 Å². The molecule has 0 spiro atoms. The first-order valence-electron chi connectivity index (χ1n) is 3.19. The lowest BCUT2D eigenvalue weighted by molar-refractivity contribution is 0.428. The molecule has 12 heavy (non-hydrogen) atoms. The van der Waals surface area contributed by atoms with E-state index in [4.69, 9.17) is 10.4 Å². The molecule has 0 aliphatic carbocycles. The van der Waals surface area contributed by atoms with Crippen molar-refractivity contribution < 1.29 is 9.50 Å². The van der Waals surface area contributed by atoms with Crippen molar-refractivity contribution in [2.75, 3.05) is 0 Å². The molecule has 0 amide bonds. The Morgan fingerprint density at radius 2 is 2.25 bits per heavy atom. The predicted octanol–water partition coefficient (Wildman–Crippen LogP) is 2.36. The quantitative estimate of drug-likeness (QED) is 0.804. The van der Waals surface area contributed by atoms with Crippen molar-refractivity contribution in [1.29, 1.82) is 5.26 Å². The largest absolute Gasteiger partial charge is 0.504 e. The molecule has 0 atom stereocenters. The summed E-state index contributed by atoms with van der Waals surface area (Å²) in [5.74, 6) is -1.13. The molecule has 62 valence electrons. The number of phenolic OH excluding ortho intramolecular Hbond substituents is 1. The molecule has 0 saturated heterocycles. The molecule has 2 nitrogen and oxygen atoms in total. The fourth-order valence-corrected chi connectivity index (χ4v) is 1.29. The molecule has 1 aromatic carbocycles. The second kappa shape index (κ2) is 3.55. The Hall–Kier alpha value is -1.08. The average Bonchev–Trinajstić information content (AvgIpc) is 2.01. The Bertz CT molecular complexity index is 322. The molecule has 1 N–H and O–H groups in total. The zero-order chi connectivity index (χ0) is 9.14. The van der Waals surface area contributed by atoms with Crippen LogP contribution in [0.4, 0.5) is 4.39 Å². The number of hydrogen-bond donors (Lipinski definition) is 1. The first kappa shape index (κ1) is 9.01. The lowest BCUT2D eigenvalue weighted by atomic mass is 10.1. The molecule has 0 aliphatic heterocycles. The monoisotopic (exact) mass is 229 g/mol. The number of benzene rings is 1. The lowest BCUT2D eigenvalue weighted by Crippen LogP contribution is -1.85. The zero-order valence-electron chi connectivity index (χ0n) is 6.01. The maximum atomic E-state index is 12.8. The van der Waals surface area contributed by atoms with Crippen LogP contribution in [0.2, 0.25) is 0 Å². The number of hydrogen-bond acceptors (Lipinski definition) is 2. The van der Waals surface area contributed by atoms with E-state index >= 15 is 0 Å². The predicted molar refractivity (Wildman–Crippen MR) is 45.1 cm³/mol. The van der Waals surface area contributed by atoms with E-state index in [1.807, 2.05) is 6.07 Å². The molecule has 0 unspecified atom stereocenters. The van der Waals surface area contributed by atoms with Crippen molar-refractivity contribution in [3.05, 3.63) is 28.0 Å². The van der Waals surface area contributed by atoms with Gasteiger partial charge in [-0.25, -0.2) is 4.39 Å². The van der Waals surface area contributed by atoms with Gasteiger partial charge in [-0.05, 0) is 33.6 Å². The molecule has 1 aromatic rings. The van der Waals surface area contributed by atoms with Gasteiger partial charge < -0.3 is 5.11 Å². The Balaban J connectivity index is 3.14. The fraction of sp³-hybridized carbons (Fsp3) is 0.125. The summed E-state index contributed by atoms with van der Waals surface area (Å²) in [6.07, 6.45) is 0.135. The van der Waals surface area contributed by atoms with Crippen LogP contribution < -0.4 is 0 Å². The number of nitriles is 1. The van der Waals surface area contributed by atoms with Crippen molar-refractivity contribution in [3.8, 4) is 11.8 Å². The molecule has 0 radical (unpaired) electrons. The minimum absolute atomic E-state index is 0.135. The van der Waals surface area contributed by atoms with Gasteiger partial charge in [0.05, 0.1) is 17.0 Å². The molecule has 0 bridgehead atoms. The average molecular weight is 230 g/mol. The van der Waals surface area contributed by atoms with Crippen LogP contribution in [0.1, 0.15) is 5.56 Å². The second-order valence-corrected chi connectivity index (χ2v) is 3.10. The van der Waals surface area contributed by atoms with Gasteiger partial charge in [0.2, 0.25) is 0 Å². The maximum Gasteiger partial charge on any atom is 0.166 e. The number of nitrogens with zero attached hydrogens (tertiary/aromatic N) is 1. The number of halogens is 2. The smallest absolute Gasteiger partial charge is 0.166 e.